The van der Waals surface area contributed by atoms with Crippen LogP contribution in [0.25, 0.3) is 5.57 Å². The quantitative estimate of drug-likeness (QED) is 0.827. The summed E-state index contributed by atoms with van der Waals surface area (Å²) in [5, 5.41) is 0. The van der Waals surface area contributed by atoms with Crippen molar-refractivity contribution in [3.05, 3.63) is 71.6 Å². The molecular formula is C22H24N2O2. The molecule has 1 fully saturated rings. The number of aromatic nitrogens is 1. The average Bonchev–Trinajstić information content (AvgIpc) is 3.38. The van der Waals surface area contributed by atoms with E-state index in [1.54, 1.807) is 6.20 Å². The summed E-state index contributed by atoms with van der Waals surface area (Å²) in [5.74, 6) is 0.248. The van der Waals surface area contributed by atoms with Crippen molar-refractivity contribution in [3.8, 4) is 0 Å². The molecule has 2 heterocycles. The maximum atomic E-state index is 12.9. The van der Waals surface area contributed by atoms with Gasteiger partial charge in [0.15, 0.2) is 0 Å². The largest absolute Gasteiger partial charge is 0.373 e. The summed E-state index contributed by atoms with van der Waals surface area (Å²) in [6.07, 6.45) is 5.63. The Hall–Kier alpha value is -2.46. The molecule has 1 aliphatic heterocycles. The zero-order chi connectivity index (χ0) is 17.9. The summed E-state index contributed by atoms with van der Waals surface area (Å²) in [6.45, 7) is 4.23. The zero-order valence-corrected chi connectivity index (χ0v) is 15.1. The summed E-state index contributed by atoms with van der Waals surface area (Å²) in [4.78, 5) is 19.0. The number of hydrogen-bond acceptors (Lipinski definition) is 3. The highest BCUT2D eigenvalue weighted by Gasteiger charge is 2.42. The van der Waals surface area contributed by atoms with Crippen LogP contribution in [0, 0.1) is 5.92 Å². The topological polar surface area (TPSA) is 42.4 Å². The molecular weight excluding hydrogens is 324 g/mol. The highest BCUT2D eigenvalue weighted by Crippen LogP contribution is 2.47. The molecule has 2 aromatic rings. The number of likely N-dealkylation sites (tertiary alicyclic amines) is 1. The maximum Gasteiger partial charge on any atom is 0.234 e. The molecule has 1 amide bonds. The Kier molecular flexibility index (Phi) is 4.85. The molecule has 1 aromatic heterocycles. The van der Waals surface area contributed by atoms with Gasteiger partial charge in [-0.2, -0.15) is 0 Å². The van der Waals surface area contributed by atoms with Crippen LogP contribution in [0.1, 0.15) is 30.9 Å². The van der Waals surface area contributed by atoms with E-state index in [2.05, 4.69) is 24.0 Å². The van der Waals surface area contributed by atoms with Gasteiger partial charge >= 0.3 is 0 Å². The molecule has 1 aliphatic carbocycles. The van der Waals surface area contributed by atoms with Crippen LogP contribution in [0.5, 0.6) is 0 Å². The molecule has 0 saturated carbocycles. The molecule has 1 atom stereocenters. The van der Waals surface area contributed by atoms with Gasteiger partial charge < -0.3 is 9.64 Å². The van der Waals surface area contributed by atoms with E-state index >= 15 is 0 Å². The van der Waals surface area contributed by atoms with Crippen molar-refractivity contribution in [1.29, 1.82) is 0 Å². The van der Waals surface area contributed by atoms with E-state index in [1.807, 2.05) is 41.4 Å². The van der Waals surface area contributed by atoms with Gasteiger partial charge in [-0.15, -0.1) is 0 Å². The van der Waals surface area contributed by atoms with Gasteiger partial charge in [-0.25, -0.2) is 0 Å². The summed E-state index contributed by atoms with van der Waals surface area (Å²) in [7, 11) is 0. The molecule has 0 spiro atoms. The molecule has 0 unspecified atom stereocenters. The number of benzene rings is 1. The van der Waals surface area contributed by atoms with Crippen LogP contribution in [-0.4, -0.2) is 35.0 Å². The van der Waals surface area contributed by atoms with E-state index in [0.29, 0.717) is 6.61 Å². The maximum absolute atomic E-state index is 12.9. The van der Waals surface area contributed by atoms with Crippen molar-refractivity contribution in [2.24, 2.45) is 5.92 Å². The molecule has 2 aliphatic rings. The Morgan fingerprint density at radius 3 is 2.62 bits per heavy atom. The van der Waals surface area contributed by atoms with Crippen LogP contribution in [0.15, 0.2) is 60.4 Å². The highest BCUT2D eigenvalue weighted by molar-refractivity contribution is 6.05. The second kappa shape index (κ2) is 7.42. The van der Waals surface area contributed by atoms with E-state index in [4.69, 9.17) is 4.74 Å². The van der Waals surface area contributed by atoms with E-state index in [1.165, 1.54) is 16.7 Å². The van der Waals surface area contributed by atoms with Gasteiger partial charge in [-0.3, -0.25) is 9.78 Å². The first kappa shape index (κ1) is 17.0. The molecule has 1 aromatic carbocycles. The Bertz CT molecular complexity index is 793. The fourth-order valence-corrected chi connectivity index (χ4v) is 3.77. The Labute approximate surface area is 154 Å². The van der Waals surface area contributed by atoms with E-state index < -0.39 is 0 Å². The second-order valence-corrected chi connectivity index (χ2v) is 7.09. The smallest absolute Gasteiger partial charge is 0.234 e. The minimum absolute atomic E-state index is 0.00902. The predicted octanol–water partition coefficient (Wildman–Crippen LogP) is 3.69. The number of nitrogens with zero attached hydrogens (tertiary/aromatic N) is 2. The number of carbonyl (C=O) groups excluding carboxylic acids is 1. The van der Waals surface area contributed by atoms with Crippen LogP contribution >= 0.6 is 0 Å². The molecule has 1 saturated heterocycles. The number of carbonyl (C=O) groups is 1. The lowest BCUT2D eigenvalue weighted by atomic mass is 10.0. The fourth-order valence-electron chi connectivity index (χ4n) is 3.77. The Morgan fingerprint density at radius 2 is 1.92 bits per heavy atom. The minimum Gasteiger partial charge on any atom is -0.373 e. The van der Waals surface area contributed by atoms with Crippen LogP contribution in [0.2, 0.25) is 0 Å². The number of rotatable bonds is 5. The van der Waals surface area contributed by atoms with Crippen LogP contribution in [-0.2, 0) is 16.1 Å². The van der Waals surface area contributed by atoms with Gasteiger partial charge in [0.1, 0.15) is 0 Å². The third kappa shape index (κ3) is 3.56. The Balaban J connectivity index is 1.27. The molecule has 4 heteroatoms. The molecule has 134 valence electrons. The van der Waals surface area contributed by atoms with Crippen molar-refractivity contribution < 1.29 is 9.53 Å². The molecule has 4 rings (SSSR count). The molecule has 0 N–H and O–H groups in total. The first-order chi connectivity index (χ1) is 12.7. The predicted molar refractivity (Wildman–Crippen MR) is 101 cm³/mol. The van der Waals surface area contributed by atoms with Gasteiger partial charge in [0.2, 0.25) is 5.91 Å². The number of amides is 1. The number of pyridine rings is 1. The average molecular weight is 348 g/mol. The second-order valence-electron chi connectivity index (χ2n) is 7.09. The fraction of sp³-hybridized carbons (Fsp3) is 0.364. The van der Waals surface area contributed by atoms with Crippen molar-refractivity contribution in [3.63, 3.8) is 0 Å². The summed E-state index contributed by atoms with van der Waals surface area (Å²) in [5.41, 5.74) is 4.70. The third-order valence-corrected chi connectivity index (χ3v) is 5.36. The molecule has 26 heavy (non-hydrogen) atoms. The van der Waals surface area contributed by atoms with Gasteiger partial charge in [0.25, 0.3) is 0 Å². The molecule has 0 radical (unpaired) electrons. The molecule has 0 bridgehead atoms. The lowest BCUT2D eigenvalue weighted by Gasteiger charge is -2.32. The number of ether oxygens (including phenoxy) is 1. The molecule has 4 nitrogen and oxygen atoms in total. The first-order valence-corrected chi connectivity index (χ1v) is 9.29. The van der Waals surface area contributed by atoms with Crippen LogP contribution in [0.3, 0.4) is 0 Å². The van der Waals surface area contributed by atoms with Crippen LogP contribution < -0.4 is 0 Å². The van der Waals surface area contributed by atoms with E-state index in [0.717, 1.165) is 31.5 Å². The van der Waals surface area contributed by atoms with Gasteiger partial charge in [-0.05, 0) is 42.5 Å². The standard InChI is InChI=1S/C22H24N2O2/c1-16-20(18-7-3-2-4-8-18)21(16)22(25)24-12-9-19(10-13-24)26-15-17-6-5-11-23-14-17/h2-8,11,14,19,21H,9-10,12-13,15H2,1H3/t21-/m0/s1. The first-order valence-electron chi connectivity index (χ1n) is 9.29. The highest BCUT2D eigenvalue weighted by atomic mass is 16.5. The lowest BCUT2D eigenvalue weighted by Crippen LogP contribution is -2.42. The van der Waals surface area contributed by atoms with Gasteiger partial charge in [-0.1, -0.05) is 42.0 Å². The summed E-state index contributed by atoms with van der Waals surface area (Å²) >= 11 is 0. The van der Waals surface area contributed by atoms with E-state index in [9.17, 15) is 4.79 Å². The van der Waals surface area contributed by atoms with Gasteiger partial charge in [0, 0.05) is 25.5 Å². The minimum atomic E-state index is -0.00902. The normalized spacial score (nSPS) is 20.3. The monoisotopic (exact) mass is 348 g/mol. The van der Waals surface area contributed by atoms with E-state index in [-0.39, 0.29) is 17.9 Å². The third-order valence-electron chi connectivity index (χ3n) is 5.36. The zero-order valence-electron chi connectivity index (χ0n) is 15.1. The summed E-state index contributed by atoms with van der Waals surface area (Å²) < 4.78 is 6.00. The number of hydrogen-bond donors (Lipinski definition) is 0. The van der Waals surface area contributed by atoms with Crippen molar-refractivity contribution in [2.75, 3.05) is 13.1 Å². The van der Waals surface area contributed by atoms with Crippen LogP contribution in [0.4, 0.5) is 0 Å². The SMILES string of the molecule is CC1=C(c2ccccc2)[C@H]1C(=O)N1CCC(OCc2cccnc2)CC1. The lowest BCUT2D eigenvalue weighted by molar-refractivity contribution is -0.134. The Morgan fingerprint density at radius 1 is 1.15 bits per heavy atom. The van der Waals surface area contributed by atoms with Gasteiger partial charge in [0.05, 0.1) is 18.6 Å². The number of piperidine rings is 1. The van der Waals surface area contributed by atoms with Crippen molar-refractivity contribution in [1.82, 2.24) is 9.88 Å². The van der Waals surface area contributed by atoms with Crippen molar-refractivity contribution in [2.45, 2.75) is 32.5 Å². The summed E-state index contributed by atoms with van der Waals surface area (Å²) in [6, 6.07) is 14.2. The van der Waals surface area contributed by atoms with Crippen molar-refractivity contribution >= 4 is 11.5 Å².